The van der Waals surface area contributed by atoms with Gasteiger partial charge in [-0.15, -0.1) is 0 Å². The second kappa shape index (κ2) is 5.74. The highest BCUT2D eigenvalue weighted by Crippen LogP contribution is 2.30. The maximum Gasteiger partial charge on any atom is 0.408 e. The fourth-order valence-electron chi connectivity index (χ4n) is 1.71. The minimum Gasteiger partial charge on any atom is -0.493 e. The lowest BCUT2D eigenvalue weighted by molar-refractivity contribution is -0.389. The number of nitrogens with zero attached hydrogens (tertiary/aromatic N) is 4. The Hall–Kier alpha value is -2.35. The van der Waals surface area contributed by atoms with Crippen molar-refractivity contribution in [3.63, 3.8) is 0 Å². The van der Waals surface area contributed by atoms with Gasteiger partial charge in [0.25, 0.3) is 0 Å². The molecule has 0 fully saturated rings. The van der Waals surface area contributed by atoms with Gasteiger partial charge in [0.2, 0.25) is 0 Å². The van der Waals surface area contributed by atoms with Gasteiger partial charge in [-0.1, -0.05) is 11.6 Å². The van der Waals surface area contributed by atoms with Gasteiger partial charge in [-0.3, -0.25) is 4.98 Å². The first-order valence-electron chi connectivity index (χ1n) is 5.50. The zero-order valence-electron chi connectivity index (χ0n) is 10.7. The summed E-state index contributed by atoms with van der Waals surface area (Å²) >= 11 is 5.74. The monoisotopic (exact) mass is 298 g/mol. The molecule has 0 aliphatic rings. The number of nitro groups is 1. The minimum absolute atomic E-state index is 0.0307. The van der Waals surface area contributed by atoms with Crippen LogP contribution in [0.2, 0.25) is 5.02 Å². The van der Waals surface area contributed by atoms with Gasteiger partial charge in [0, 0.05) is 12.3 Å². The molecule has 0 aliphatic heterocycles. The summed E-state index contributed by atoms with van der Waals surface area (Å²) in [5.74, 6) is 0.572. The van der Waals surface area contributed by atoms with E-state index in [9.17, 15) is 10.1 Å². The van der Waals surface area contributed by atoms with Gasteiger partial charge in [0.1, 0.15) is 12.2 Å². The van der Waals surface area contributed by atoms with Crippen molar-refractivity contribution in [2.24, 2.45) is 0 Å². The molecule has 0 amide bonds. The van der Waals surface area contributed by atoms with Crippen LogP contribution in [0.1, 0.15) is 5.69 Å². The smallest absolute Gasteiger partial charge is 0.408 e. The molecule has 9 heteroatoms. The molecule has 2 heterocycles. The predicted octanol–water partition coefficient (Wildman–Crippen LogP) is 1.91. The van der Waals surface area contributed by atoms with Gasteiger partial charge in [-0.25, -0.2) is 0 Å². The van der Waals surface area contributed by atoms with E-state index in [0.717, 1.165) is 0 Å². The third-order valence-corrected chi connectivity index (χ3v) is 2.82. The van der Waals surface area contributed by atoms with Crippen LogP contribution in [-0.2, 0) is 6.54 Å². The van der Waals surface area contributed by atoms with E-state index in [2.05, 4.69) is 10.1 Å². The summed E-state index contributed by atoms with van der Waals surface area (Å²) in [5, 5.41) is 14.5. The molecule has 2 aromatic heterocycles. The average molecular weight is 299 g/mol. The number of pyridine rings is 1. The first-order valence-corrected chi connectivity index (χ1v) is 5.87. The minimum atomic E-state index is -0.644. The van der Waals surface area contributed by atoms with Crippen molar-refractivity contribution in [2.75, 3.05) is 14.2 Å². The Labute approximate surface area is 119 Å². The van der Waals surface area contributed by atoms with E-state index in [1.54, 1.807) is 12.3 Å². The molecule has 0 atom stereocenters. The Bertz CT molecular complexity index is 643. The quantitative estimate of drug-likeness (QED) is 0.618. The zero-order valence-corrected chi connectivity index (χ0v) is 11.5. The Morgan fingerprint density at radius 3 is 2.75 bits per heavy atom. The van der Waals surface area contributed by atoms with Crippen LogP contribution in [-0.4, -0.2) is 33.9 Å². The van der Waals surface area contributed by atoms with Gasteiger partial charge in [0.15, 0.2) is 16.5 Å². The molecule has 0 saturated heterocycles. The van der Waals surface area contributed by atoms with Crippen molar-refractivity contribution in [3.05, 3.63) is 39.3 Å². The molecular formula is C11H11ClN4O4. The Balaban J connectivity index is 2.35. The summed E-state index contributed by atoms with van der Waals surface area (Å²) in [4.78, 5) is 14.2. The van der Waals surface area contributed by atoms with Crippen molar-refractivity contribution in [3.8, 4) is 11.5 Å². The van der Waals surface area contributed by atoms with Crippen molar-refractivity contribution >= 4 is 17.4 Å². The van der Waals surface area contributed by atoms with E-state index in [1.807, 2.05) is 0 Å². The predicted molar refractivity (Wildman–Crippen MR) is 70.3 cm³/mol. The molecule has 2 rings (SSSR count). The van der Waals surface area contributed by atoms with Gasteiger partial charge >= 0.3 is 5.82 Å². The van der Waals surface area contributed by atoms with Crippen molar-refractivity contribution in [1.29, 1.82) is 0 Å². The molecule has 0 radical (unpaired) electrons. The first kappa shape index (κ1) is 14.1. The van der Waals surface area contributed by atoms with Crippen LogP contribution in [0, 0.1) is 10.1 Å². The van der Waals surface area contributed by atoms with Crippen LogP contribution in [0.4, 0.5) is 5.82 Å². The molecule has 0 spiro atoms. The van der Waals surface area contributed by atoms with Gasteiger partial charge in [-0.05, 0) is 4.92 Å². The molecule has 8 nitrogen and oxygen atoms in total. The number of hydrogen-bond donors (Lipinski definition) is 0. The van der Waals surface area contributed by atoms with Crippen LogP contribution < -0.4 is 9.47 Å². The van der Waals surface area contributed by atoms with Gasteiger partial charge in [-0.2, -0.15) is 4.68 Å². The van der Waals surface area contributed by atoms with Crippen LogP contribution in [0.15, 0.2) is 18.5 Å². The second-order valence-corrected chi connectivity index (χ2v) is 4.16. The van der Waals surface area contributed by atoms with Crippen LogP contribution >= 0.6 is 11.6 Å². The fourth-order valence-corrected chi connectivity index (χ4v) is 1.93. The lowest BCUT2D eigenvalue weighted by atomic mass is 10.3. The summed E-state index contributed by atoms with van der Waals surface area (Å²) in [7, 11) is 3.00. The summed E-state index contributed by atoms with van der Waals surface area (Å²) in [6.07, 6.45) is 2.91. The molecule has 0 unspecified atom stereocenters. The SMILES string of the molecule is COc1ccnc(Cn2cc(Cl)c([N+](=O)[O-])n2)c1OC. The lowest BCUT2D eigenvalue weighted by Crippen LogP contribution is -2.06. The number of rotatable bonds is 5. The summed E-state index contributed by atoms with van der Waals surface area (Å²) < 4.78 is 11.7. The van der Waals surface area contributed by atoms with E-state index >= 15 is 0 Å². The van der Waals surface area contributed by atoms with E-state index in [1.165, 1.54) is 25.1 Å². The number of ether oxygens (including phenoxy) is 2. The highest BCUT2D eigenvalue weighted by molar-refractivity contribution is 6.32. The molecule has 0 aromatic carbocycles. The van der Waals surface area contributed by atoms with Gasteiger partial charge in [0.05, 0.1) is 25.5 Å². The Kier molecular flexibility index (Phi) is 4.04. The molecule has 2 aromatic rings. The van der Waals surface area contributed by atoms with Crippen molar-refractivity contribution in [1.82, 2.24) is 14.8 Å². The van der Waals surface area contributed by atoms with Crippen molar-refractivity contribution < 1.29 is 14.4 Å². The Morgan fingerprint density at radius 1 is 1.45 bits per heavy atom. The molecule has 20 heavy (non-hydrogen) atoms. The van der Waals surface area contributed by atoms with E-state index in [0.29, 0.717) is 17.2 Å². The Morgan fingerprint density at radius 2 is 2.20 bits per heavy atom. The number of aromatic nitrogens is 3. The van der Waals surface area contributed by atoms with E-state index in [-0.39, 0.29) is 11.6 Å². The first-order chi connectivity index (χ1) is 9.56. The highest BCUT2D eigenvalue weighted by Gasteiger charge is 2.21. The summed E-state index contributed by atoms with van der Waals surface area (Å²) in [6.45, 7) is 0.175. The maximum atomic E-state index is 10.7. The van der Waals surface area contributed by atoms with Crippen LogP contribution in [0.25, 0.3) is 0 Å². The topological polar surface area (TPSA) is 92.3 Å². The third kappa shape index (κ3) is 2.64. The summed E-state index contributed by atoms with van der Waals surface area (Å²) in [5.41, 5.74) is 0.529. The molecule has 0 aliphatic carbocycles. The van der Waals surface area contributed by atoms with Gasteiger partial charge < -0.3 is 19.6 Å². The standard InChI is InChI=1S/C11H11ClN4O4/c1-19-9-3-4-13-8(10(9)20-2)6-15-5-7(12)11(14-15)16(17)18/h3-5H,6H2,1-2H3. The molecule has 0 saturated carbocycles. The maximum absolute atomic E-state index is 10.7. The van der Waals surface area contributed by atoms with E-state index < -0.39 is 10.7 Å². The largest absolute Gasteiger partial charge is 0.493 e. The number of hydrogen-bond acceptors (Lipinski definition) is 6. The van der Waals surface area contributed by atoms with Crippen LogP contribution in [0.3, 0.4) is 0 Å². The highest BCUT2D eigenvalue weighted by atomic mass is 35.5. The van der Waals surface area contributed by atoms with Crippen molar-refractivity contribution in [2.45, 2.75) is 6.54 Å². The summed E-state index contributed by atoms with van der Waals surface area (Å²) in [6, 6.07) is 1.65. The molecular weight excluding hydrogens is 288 g/mol. The normalized spacial score (nSPS) is 10.3. The molecule has 0 bridgehead atoms. The molecule has 106 valence electrons. The fraction of sp³-hybridized carbons (Fsp3) is 0.273. The average Bonchev–Trinajstić information content (AvgIpc) is 2.79. The number of methoxy groups -OCH3 is 2. The third-order valence-electron chi connectivity index (χ3n) is 2.55. The second-order valence-electron chi connectivity index (χ2n) is 3.75. The van der Waals surface area contributed by atoms with Crippen LogP contribution in [0.5, 0.6) is 11.5 Å². The number of halogens is 1. The lowest BCUT2D eigenvalue weighted by Gasteiger charge is -2.10. The molecule has 0 N–H and O–H groups in total. The zero-order chi connectivity index (χ0) is 14.7. The van der Waals surface area contributed by atoms with E-state index in [4.69, 9.17) is 21.1 Å².